The number of hydrogen-bond acceptors (Lipinski definition) is 2. The quantitative estimate of drug-likeness (QED) is 0.685. The van der Waals surface area contributed by atoms with E-state index in [0.717, 1.165) is 21.8 Å². The molecule has 0 aliphatic heterocycles. The Morgan fingerprint density at radius 1 is 1.22 bits per heavy atom. The third-order valence-electron chi connectivity index (χ3n) is 2.86. The highest BCUT2D eigenvalue weighted by atomic mass is 35.5. The van der Waals surface area contributed by atoms with Gasteiger partial charge < -0.3 is 4.57 Å². The number of hydrogen-bond donors (Lipinski definition) is 0. The first-order chi connectivity index (χ1) is 8.76. The zero-order valence-corrected chi connectivity index (χ0v) is 11.0. The number of halogens is 1. The maximum Gasteiger partial charge on any atom is 0.0992 e. The lowest BCUT2D eigenvalue weighted by Crippen LogP contribution is -1.95. The second-order valence-corrected chi connectivity index (χ2v) is 5.83. The molecule has 3 aromatic rings. The highest BCUT2D eigenvalue weighted by Gasteiger charge is 2.04. The first-order valence-electron chi connectivity index (χ1n) is 5.49. The Hall–Kier alpha value is -1.76. The fourth-order valence-electron chi connectivity index (χ4n) is 2.00. The third kappa shape index (κ3) is 2.01. The molecule has 0 aliphatic rings. The van der Waals surface area contributed by atoms with Gasteiger partial charge in [0.25, 0.3) is 0 Å². The number of aromatic nitrogens is 1. The van der Waals surface area contributed by atoms with E-state index in [1.165, 1.54) is 4.88 Å². The van der Waals surface area contributed by atoms with E-state index in [1.807, 2.05) is 36.5 Å². The molecule has 0 saturated heterocycles. The lowest BCUT2D eigenvalue weighted by atomic mass is 10.2. The molecule has 0 amide bonds. The Morgan fingerprint density at radius 2 is 2.11 bits per heavy atom. The van der Waals surface area contributed by atoms with Crippen molar-refractivity contribution in [1.29, 1.82) is 5.26 Å². The fraction of sp³-hybridized carbons (Fsp3) is 0.0714. The summed E-state index contributed by atoms with van der Waals surface area (Å²) >= 11 is 7.52. The predicted octanol–water partition coefficient (Wildman–Crippen LogP) is 4.28. The summed E-state index contributed by atoms with van der Waals surface area (Å²) in [5.41, 5.74) is 1.77. The van der Waals surface area contributed by atoms with Crippen molar-refractivity contribution in [3.8, 4) is 6.07 Å². The summed E-state index contributed by atoms with van der Waals surface area (Å²) in [5.74, 6) is 0. The summed E-state index contributed by atoms with van der Waals surface area (Å²) in [7, 11) is 0. The largest absolute Gasteiger partial charge is 0.342 e. The Morgan fingerprint density at radius 3 is 2.83 bits per heavy atom. The molecule has 2 heterocycles. The molecule has 0 atom stereocenters. The Labute approximate surface area is 114 Å². The second-order valence-electron chi connectivity index (χ2n) is 4.03. The summed E-state index contributed by atoms with van der Waals surface area (Å²) in [6.45, 7) is 0.787. The topological polar surface area (TPSA) is 28.7 Å². The first-order valence-corrected chi connectivity index (χ1v) is 6.69. The van der Waals surface area contributed by atoms with Gasteiger partial charge in [-0.15, -0.1) is 11.3 Å². The minimum Gasteiger partial charge on any atom is -0.342 e. The molecule has 0 N–H and O–H groups in total. The fourth-order valence-corrected chi connectivity index (χ4v) is 3.08. The molecule has 0 bridgehead atoms. The monoisotopic (exact) mass is 272 g/mol. The molecule has 0 saturated carbocycles. The zero-order chi connectivity index (χ0) is 12.5. The first kappa shape index (κ1) is 11.3. The summed E-state index contributed by atoms with van der Waals surface area (Å²) in [6.07, 6.45) is 2.04. The van der Waals surface area contributed by atoms with E-state index in [-0.39, 0.29) is 0 Å². The van der Waals surface area contributed by atoms with Gasteiger partial charge in [-0.05, 0) is 35.7 Å². The van der Waals surface area contributed by atoms with Gasteiger partial charge in [-0.1, -0.05) is 17.7 Å². The molecule has 4 heteroatoms. The van der Waals surface area contributed by atoms with Crippen molar-refractivity contribution in [3.63, 3.8) is 0 Å². The Bertz CT molecular complexity index is 749. The van der Waals surface area contributed by atoms with Crippen LogP contribution in [0.2, 0.25) is 4.34 Å². The molecule has 1 aromatic carbocycles. The molecule has 0 unspecified atom stereocenters. The van der Waals surface area contributed by atoms with Gasteiger partial charge in [0.15, 0.2) is 0 Å². The lowest BCUT2D eigenvalue weighted by Gasteiger charge is -2.03. The van der Waals surface area contributed by atoms with Crippen molar-refractivity contribution < 1.29 is 0 Å². The van der Waals surface area contributed by atoms with Crippen molar-refractivity contribution >= 4 is 33.8 Å². The van der Waals surface area contributed by atoms with Crippen LogP contribution in [0.15, 0.2) is 42.6 Å². The summed E-state index contributed by atoms with van der Waals surface area (Å²) in [5, 5.41) is 10.1. The van der Waals surface area contributed by atoms with Gasteiger partial charge in [0.05, 0.1) is 22.5 Å². The van der Waals surface area contributed by atoms with Crippen LogP contribution in [-0.4, -0.2) is 4.57 Å². The van der Waals surface area contributed by atoms with Gasteiger partial charge in [0.2, 0.25) is 0 Å². The highest BCUT2D eigenvalue weighted by Crippen LogP contribution is 2.24. The molecule has 2 aromatic heterocycles. The van der Waals surface area contributed by atoms with Crippen molar-refractivity contribution in [2.24, 2.45) is 0 Å². The van der Waals surface area contributed by atoms with Crippen molar-refractivity contribution in [1.82, 2.24) is 4.57 Å². The molecule has 0 aliphatic carbocycles. The summed E-state index contributed by atoms with van der Waals surface area (Å²) in [4.78, 5) is 1.21. The number of nitrogens with zero attached hydrogens (tertiary/aromatic N) is 2. The Kier molecular flexibility index (Phi) is 2.83. The number of benzene rings is 1. The van der Waals surface area contributed by atoms with E-state index in [2.05, 4.69) is 16.7 Å². The average molecular weight is 273 g/mol. The lowest BCUT2D eigenvalue weighted by molar-refractivity contribution is 0.851. The van der Waals surface area contributed by atoms with Crippen LogP contribution >= 0.6 is 22.9 Å². The van der Waals surface area contributed by atoms with E-state index in [4.69, 9.17) is 16.9 Å². The van der Waals surface area contributed by atoms with Crippen LogP contribution in [0, 0.1) is 11.3 Å². The molecule has 3 rings (SSSR count). The Balaban J connectivity index is 2.04. The number of thiophene rings is 1. The molecular formula is C14H9ClN2S. The third-order valence-corrected chi connectivity index (χ3v) is 4.07. The summed E-state index contributed by atoms with van der Waals surface area (Å²) in [6, 6.07) is 13.9. The van der Waals surface area contributed by atoms with Crippen LogP contribution in [-0.2, 0) is 6.54 Å². The predicted molar refractivity (Wildman–Crippen MR) is 75.1 cm³/mol. The van der Waals surface area contributed by atoms with Crippen molar-refractivity contribution in [2.75, 3.05) is 0 Å². The average Bonchev–Trinajstić information content (AvgIpc) is 2.96. The van der Waals surface area contributed by atoms with Gasteiger partial charge in [0.1, 0.15) is 0 Å². The number of fused-ring (bicyclic) bond motifs is 1. The molecule has 0 radical (unpaired) electrons. The smallest absolute Gasteiger partial charge is 0.0992 e. The second kappa shape index (κ2) is 4.49. The van der Waals surface area contributed by atoms with Gasteiger partial charge in [-0.2, -0.15) is 5.26 Å². The van der Waals surface area contributed by atoms with Crippen molar-refractivity contribution in [2.45, 2.75) is 6.54 Å². The molecule has 2 nitrogen and oxygen atoms in total. The van der Waals surface area contributed by atoms with E-state index in [9.17, 15) is 0 Å². The molecule has 18 heavy (non-hydrogen) atoms. The van der Waals surface area contributed by atoms with Crippen LogP contribution in [0.5, 0.6) is 0 Å². The SMILES string of the molecule is N#Cc1ccc2ccn(Cc3ccc(Cl)s3)c2c1. The van der Waals surface area contributed by atoms with Crippen LogP contribution in [0.25, 0.3) is 10.9 Å². The van der Waals surface area contributed by atoms with E-state index >= 15 is 0 Å². The van der Waals surface area contributed by atoms with E-state index in [1.54, 1.807) is 11.3 Å². The minimum absolute atomic E-state index is 0.687. The zero-order valence-electron chi connectivity index (χ0n) is 9.43. The van der Waals surface area contributed by atoms with Gasteiger partial charge in [-0.25, -0.2) is 0 Å². The van der Waals surface area contributed by atoms with Gasteiger partial charge in [-0.3, -0.25) is 0 Å². The number of nitriles is 1. The van der Waals surface area contributed by atoms with Gasteiger partial charge in [0, 0.05) is 16.6 Å². The van der Waals surface area contributed by atoms with Crippen LogP contribution in [0.1, 0.15) is 10.4 Å². The highest BCUT2D eigenvalue weighted by molar-refractivity contribution is 7.16. The molecular weight excluding hydrogens is 264 g/mol. The standard InChI is InChI=1S/C14H9ClN2S/c15-14-4-3-12(18-14)9-17-6-5-11-2-1-10(8-16)7-13(11)17/h1-7H,9H2. The van der Waals surface area contributed by atoms with Crippen LogP contribution < -0.4 is 0 Å². The summed E-state index contributed by atoms with van der Waals surface area (Å²) < 4.78 is 2.94. The van der Waals surface area contributed by atoms with E-state index in [0.29, 0.717) is 5.56 Å². The van der Waals surface area contributed by atoms with Crippen LogP contribution in [0.4, 0.5) is 0 Å². The molecule has 88 valence electrons. The van der Waals surface area contributed by atoms with Crippen molar-refractivity contribution in [3.05, 3.63) is 57.4 Å². The molecule has 0 spiro atoms. The normalized spacial score (nSPS) is 10.7. The maximum atomic E-state index is 8.94. The minimum atomic E-state index is 0.687. The maximum absolute atomic E-state index is 8.94. The number of rotatable bonds is 2. The van der Waals surface area contributed by atoms with E-state index < -0.39 is 0 Å². The van der Waals surface area contributed by atoms with Gasteiger partial charge >= 0.3 is 0 Å². The van der Waals surface area contributed by atoms with Crippen LogP contribution in [0.3, 0.4) is 0 Å². The molecule has 0 fully saturated rings.